The molecule has 1 heterocycles. The molecule has 0 bridgehead atoms. The number of H-pyrrole nitrogens is 1. The number of nitrogens with two attached hydrogens (primary N) is 1. The van der Waals surface area contributed by atoms with Crippen molar-refractivity contribution in [1.82, 2.24) is 20.4 Å². The molecule has 0 radical (unpaired) electrons. The van der Waals surface area contributed by atoms with Crippen LogP contribution in [0, 0.1) is 0 Å². The van der Waals surface area contributed by atoms with Gasteiger partial charge in [0, 0.05) is 25.7 Å². The number of carbonyl (C=O) groups is 1. The van der Waals surface area contributed by atoms with Crippen LogP contribution in [0.2, 0.25) is 0 Å². The van der Waals surface area contributed by atoms with Crippen molar-refractivity contribution in [2.75, 3.05) is 19.3 Å². The highest BCUT2D eigenvalue weighted by Gasteiger charge is 2.07. The van der Waals surface area contributed by atoms with Gasteiger partial charge in [-0.25, -0.2) is 4.79 Å². The molecule has 4 N–H and O–H groups in total. The van der Waals surface area contributed by atoms with Gasteiger partial charge in [-0.2, -0.15) is 5.10 Å². The van der Waals surface area contributed by atoms with Gasteiger partial charge in [-0.1, -0.05) is 0 Å². The Balaban J connectivity index is 2.41. The van der Waals surface area contributed by atoms with Crippen LogP contribution in [0.4, 0.5) is 10.6 Å². The lowest BCUT2D eigenvalue weighted by atomic mass is 10.3. The van der Waals surface area contributed by atoms with E-state index in [9.17, 15) is 4.79 Å². The first-order chi connectivity index (χ1) is 6.65. The fourth-order valence-corrected chi connectivity index (χ4v) is 0.911. The Morgan fingerprint density at radius 2 is 2.50 bits per heavy atom. The third kappa shape index (κ3) is 2.38. The van der Waals surface area contributed by atoms with E-state index in [1.54, 1.807) is 18.1 Å². The maximum absolute atomic E-state index is 11.3. The van der Waals surface area contributed by atoms with Crippen molar-refractivity contribution in [3.63, 3.8) is 0 Å². The summed E-state index contributed by atoms with van der Waals surface area (Å²) < 4.78 is 0. The Labute approximate surface area is 82.5 Å². The molecule has 0 aromatic carbocycles. The van der Waals surface area contributed by atoms with E-state index in [0.29, 0.717) is 18.9 Å². The predicted octanol–water partition coefficient (Wildman–Crippen LogP) is 0.153. The normalized spacial score (nSPS) is 9.86. The van der Waals surface area contributed by atoms with Crippen LogP contribution < -0.4 is 11.1 Å². The second kappa shape index (κ2) is 4.50. The first-order valence-corrected chi connectivity index (χ1v) is 4.41. The third-order valence-electron chi connectivity index (χ3n) is 2.00. The number of urea groups is 1. The summed E-state index contributed by atoms with van der Waals surface area (Å²) in [5.41, 5.74) is 6.35. The fourth-order valence-electron chi connectivity index (χ4n) is 0.911. The summed E-state index contributed by atoms with van der Waals surface area (Å²) in [6, 6.07) is -0.117. The van der Waals surface area contributed by atoms with Gasteiger partial charge in [0.05, 0.1) is 6.20 Å². The van der Waals surface area contributed by atoms with Crippen LogP contribution in [0.3, 0.4) is 0 Å². The van der Waals surface area contributed by atoms with Crippen LogP contribution in [0.1, 0.15) is 12.5 Å². The third-order valence-corrected chi connectivity index (χ3v) is 2.00. The van der Waals surface area contributed by atoms with Gasteiger partial charge in [-0.15, -0.1) is 0 Å². The molecule has 1 aromatic heterocycles. The molecule has 1 aromatic rings. The zero-order valence-corrected chi connectivity index (χ0v) is 8.37. The zero-order chi connectivity index (χ0) is 10.6. The number of carbonyl (C=O) groups excluding carboxylic acids is 1. The molecular formula is C8H15N5O. The number of aromatic amines is 1. The first kappa shape index (κ1) is 10.4. The summed E-state index contributed by atoms with van der Waals surface area (Å²) in [4.78, 5) is 12.9. The van der Waals surface area contributed by atoms with E-state index in [0.717, 1.165) is 5.56 Å². The minimum absolute atomic E-state index is 0.117. The topological polar surface area (TPSA) is 87.0 Å². The lowest BCUT2D eigenvalue weighted by Crippen LogP contribution is -2.36. The van der Waals surface area contributed by atoms with E-state index in [-0.39, 0.29) is 6.03 Å². The van der Waals surface area contributed by atoms with Gasteiger partial charge in [-0.05, 0) is 6.92 Å². The molecule has 0 unspecified atom stereocenters. The van der Waals surface area contributed by atoms with Gasteiger partial charge in [0.2, 0.25) is 0 Å². The van der Waals surface area contributed by atoms with Crippen molar-refractivity contribution in [3.05, 3.63) is 11.8 Å². The van der Waals surface area contributed by atoms with E-state index in [4.69, 9.17) is 5.73 Å². The van der Waals surface area contributed by atoms with Crippen molar-refractivity contribution in [2.24, 2.45) is 0 Å². The Morgan fingerprint density at radius 3 is 3.00 bits per heavy atom. The number of rotatable bonds is 3. The van der Waals surface area contributed by atoms with E-state index < -0.39 is 0 Å². The van der Waals surface area contributed by atoms with E-state index >= 15 is 0 Å². The van der Waals surface area contributed by atoms with Crippen LogP contribution in [0.5, 0.6) is 0 Å². The molecule has 0 saturated heterocycles. The number of anilines is 1. The van der Waals surface area contributed by atoms with Gasteiger partial charge in [0.1, 0.15) is 5.82 Å². The Bertz CT molecular complexity index is 308. The lowest BCUT2D eigenvalue weighted by Gasteiger charge is -2.14. The Morgan fingerprint density at radius 1 is 1.79 bits per heavy atom. The lowest BCUT2D eigenvalue weighted by molar-refractivity contribution is 0.210. The molecule has 6 nitrogen and oxygen atoms in total. The Hall–Kier alpha value is -1.72. The standard InChI is InChI=1S/C8H15N5O/c1-3-13(2)8(14)10-4-6-5-11-12-7(6)9/h5H,3-4H2,1-2H3,(H,10,14)(H3,9,11,12). The Kier molecular flexibility index (Phi) is 3.33. The highest BCUT2D eigenvalue weighted by atomic mass is 16.2. The molecular weight excluding hydrogens is 182 g/mol. The molecule has 6 heteroatoms. The van der Waals surface area contributed by atoms with Crippen LogP contribution in [0.25, 0.3) is 0 Å². The second-order valence-electron chi connectivity index (χ2n) is 2.98. The molecule has 2 amide bonds. The molecule has 78 valence electrons. The maximum atomic E-state index is 11.3. The van der Waals surface area contributed by atoms with Gasteiger partial charge in [0.15, 0.2) is 0 Å². The summed E-state index contributed by atoms with van der Waals surface area (Å²) in [7, 11) is 1.73. The largest absolute Gasteiger partial charge is 0.384 e. The summed E-state index contributed by atoms with van der Waals surface area (Å²) in [6.45, 7) is 2.98. The number of nitrogens with one attached hydrogen (secondary N) is 2. The zero-order valence-electron chi connectivity index (χ0n) is 8.37. The average molecular weight is 197 g/mol. The number of nitrogen functional groups attached to an aromatic ring is 1. The molecule has 0 aliphatic carbocycles. The van der Waals surface area contributed by atoms with Crippen molar-refractivity contribution in [2.45, 2.75) is 13.5 Å². The van der Waals surface area contributed by atoms with Crippen LogP contribution in [0.15, 0.2) is 6.20 Å². The minimum atomic E-state index is -0.117. The summed E-state index contributed by atoms with van der Waals surface area (Å²) >= 11 is 0. The number of hydrogen-bond acceptors (Lipinski definition) is 3. The highest BCUT2D eigenvalue weighted by Crippen LogP contribution is 2.04. The molecule has 0 fully saturated rings. The second-order valence-corrected chi connectivity index (χ2v) is 2.98. The SMILES string of the molecule is CCN(C)C(=O)NCc1cn[nH]c1N. The molecule has 0 atom stereocenters. The molecule has 0 spiro atoms. The average Bonchev–Trinajstić information content (AvgIpc) is 2.59. The molecule has 0 aliphatic rings. The maximum Gasteiger partial charge on any atom is 0.317 e. The molecule has 0 aliphatic heterocycles. The number of amides is 2. The van der Waals surface area contributed by atoms with Crippen molar-refractivity contribution in [1.29, 1.82) is 0 Å². The van der Waals surface area contributed by atoms with Crippen molar-refractivity contribution >= 4 is 11.8 Å². The van der Waals surface area contributed by atoms with Gasteiger partial charge < -0.3 is 16.0 Å². The van der Waals surface area contributed by atoms with Gasteiger partial charge in [-0.3, -0.25) is 5.10 Å². The smallest absolute Gasteiger partial charge is 0.317 e. The van der Waals surface area contributed by atoms with Gasteiger partial charge >= 0.3 is 6.03 Å². The van der Waals surface area contributed by atoms with E-state index in [2.05, 4.69) is 15.5 Å². The van der Waals surface area contributed by atoms with Crippen LogP contribution >= 0.6 is 0 Å². The number of hydrogen-bond donors (Lipinski definition) is 3. The summed E-state index contributed by atoms with van der Waals surface area (Å²) in [5, 5.41) is 9.07. The predicted molar refractivity (Wildman–Crippen MR) is 53.5 cm³/mol. The van der Waals surface area contributed by atoms with Crippen LogP contribution in [-0.2, 0) is 6.54 Å². The minimum Gasteiger partial charge on any atom is -0.384 e. The van der Waals surface area contributed by atoms with Crippen molar-refractivity contribution < 1.29 is 4.79 Å². The number of aromatic nitrogens is 2. The fraction of sp³-hybridized carbons (Fsp3) is 0.500. The molecule has 1 rings (SSSR count). The van der Waals surface area contributed by atoms with E-state index in [1.807, 2.05) is 6.92 Å². The molecule has 0 saturated carbocycles. The highest BCUT2D eigenvalue weighted by molar-refractivity contribution is 5.73. The summed E-state index contributed by atoms with van der Waals surface area (Å²) in [6.07, 6.45) is 1.60. The molecule has 14 heavy (non-hydrogen) atoms. The van der Waals surface area contributed by atoms with Gasteiger partial charge in [0.25, 0.3) is 0 Å². The van der Waals surface area contributed by atoms with Crippen LogP contribution in [-0.4, -0.2) is 34.7 Å². The first-order valence-electron chi connectivity index (χ1n) is 4.41. The quantitative estimate of drug-likeness (QED) is 0.644. The summed E-state index contributed by atoms with van der Waals surface area (Å²) in [5.74, 6) is 0.490. The van der Waals surface area contributed by atoms with Crippen molar-refractivity contribution in [3.8, 4) is 0 Å². The monoisotopic (exact) mass is 197 g/mol. The van der Waals surface area contributed by atoms with E-state index in [1.165, 1.54) is 0 Å². The number of nitrogens with zero attached hydrogens (tertiary/aromatic N) is 2.